The minimum Gasteiger partial charge on any atom is -0.480 e. The lowest BCUT2D eigenvalue weighted by Crippen LogP contribution is -2.60. The maximum Gasteiger partial charge on any atom is 0.326 e. The Bertz CT molecular complexity index is 425. The van der Waals surface area contributed by atoms with Gasteiger partial charge in [0.05, 0.1) is 0 Å². The zero-order chi connectivity index (χ0) is 15.3. The summed E-state index contributed by atoms with van der Waals surface area (Å²) in [5.74, 6) is -2.19. The van der Waals surface area contributed by atoms with Crippen LogP contribution in [0.5, 0.6) is 0 Å². The van der Waals surface area contributed by atoms with E-state index in [4.69, 9.17) is 10.8 Å². The molecule has 0 spiro atoms. The van der Waals surface area contributed by atoms with Gasteiger partial charge >= 0.3 is 12.0 Å². The van der Waals surface area contributed by atoms with E-state index in [1.54, 1.807) is 6.92 Å². The molecule has 2 atom stereocenters. The molecule has 0 saturated carbocycles. The summed E-state index contributed by atoms with van der Waals surface area (Å²) in [6.07, 6.45) is -0.238. The highest BCUT2D eigenvalue weighted by Crippen LogP contribution is 2.06. The van der Waals surface area contributed by atoms with Crippen molar-refractivity contribution in [3.63, 3.8) is 0 Å². The van der Waals surface area contributed by atoms with Crippen molar-refractivity contribution in [1.82, 2.24) is 15.5 Å². The number of carboxylic acids is 1. The quantitative estimate of drug-likeness (QED) is 0.473. The predicted molar refractivity (Wildman–Crippen MR) is 67.6 cm³/mol. The van der Waals surface area contributed by atoms with Crippen molar-refractivity contribution in [3.05, 3.63) is 0 Å². The third-order valence-corrected chi connectivity index (χ3v) is 3.03. The van der Waals surface area contributed by atoms with Crippen LogP contribution >= 0.6 is 0 Å². The fourth-order valence-corrected chi connectivity index (χ4v) is 1.84. The summed E-state index contributed by atoms with van der Waals surface area (Å²) < 4.78 is 0. The maximum atomic E-state index is 12.0. The lowest BCUT2D eigenvalue weighted by molar-refractivity contribution is -0.139. The zero-order valence-electron chi connectivity index (χ0n) is 11.1. The van der Waals surface area contributed by atoms with Crippen molar-refractivity contribution in [3.8, 4) is 0 Å². The number of aliphatic carboxylic acids is 1. The van der Waals surface area contributed by atoms with E-state index < -0.39 is 30.0 Å². The Morgan fingerprint density at radius 2 is 2.20 bits per heavy atom. The Morgan fingerprint density at radius 3 is 2.75 bits per heavy atom. The van der Waals surface area contributed by atoms with Crippen LogP contribution in [0.1, 0.15) is 19.8 Å². The van der Waals surface area contributed by atoms with Gasteiger partial charge in [-0.3, -0.25) is 9.59 Å². The SMILES string of the molecule is CC1C(=O)NCCN1C(=O)NC(CCC(N)=O)C(=O)O. The molecule has 0 bridgehead atoms. The number of carbonyl (C=O) groups is 4. The van der Waals surface area contributed by atoms with Gasteiger partial charge in [-0.15, -0.1) is 0 Å². The summed E-state index contributed by atoms with van der Waals surface area (Å²) in [7, 11) is 0. The number of carbonyl (C=O) groups excluding carboxylic acids is 3. The monoisotopic (exact) mass is 286 g/mol. The number of urea groups is 1. The molecule has 0 aromatic rings. The fourth-order valence-electron chi connectivity index (χ4n) is 1.84. The molecule has 0 aromatic carbocycles. The lowest BCUT2D eigenvalue weighted by Gasteiger charge is -2.33. The molecular weight excluding hydrogens is 268 g/mol. The minimum atomic E-state index is -1.26. The molecule has 1 aliphatic heterocycles. The van der Waals surface area contributed by atoms with E-state index in [1.807, 2.05) is 0 Å². The Balaban J connectivity index is 2.63. The van der Waals surface area contributed by atoms with Gasteiger partial charge in [-0.25, -0.2) is 9.59 Å². The highest BCUT2D eigenvalue weighted by Gasteiger charge is 2.31. The molecule has 20 heavy (non-hydrogen) atoms. The number of hydrogen-bond acceptors (Lipinski definition) is 4. The summed E-state index contributed by atoms with van der Waals surface area (Å²) >= 11 is 0. The summed E-state index contributed by atoms with van der Waals surface area (Å²) in [5.41, 5.74) is 4.95. The van der Waals surface area contributed by atoms with Crippen LogP contribution in [-0.4, -0.2) is 59.0 Å². The van der Waals surface area contributed by atoms with Crippen LogP contribution in [0, 0.1) is 0 Å². The van der Waals surface area contributed by atoms with Crippen LogP contribution in [0.2, 0.25) is 0 Å². The van der Waals surface area contributed by atoms with E-state index in [0.717, 1.165) is 0 Å². The van der Waals surface area contributed by atoms with Gasteiger partial charge in [0.1, 0.15) is 12.1 Å². The third kappa shape index (κ3) is 4.11. The van der Waals surface area contributed by atoms with Gasteiger partial charge < -0.3 is 26.4 Å². The van der Waals surface area contributed by atoms with Gasteiger partial charge in [0.15, 0.2) is 0 Å². The lowest BCUT2D eigenvalue weighted by atomic mass is 10.1. The first kappa shape index (κ1) is 15.7. The highest BCUT2D eigenvalue weighted by molar-refractivity contribution is 5.89. The van der Waals surface area contributed by atoms with Crippen molar-refractivity contribution in [1.29, 1.82) is 0 Å². The van der Waals surface area contributed by atoms with Gasteiger partial charge in [-0.1, -0.05) is 0 Å². The van der Waals surface area contributed by atoms with Crippen molar-refractivity contribution in [2.45, 2.75) is 31.8 Å². The first-order chi connectivity index (χ1) is 9.32. The van der Waals surface area contributed by atoms with Crippen molar-refractivity contribution in [2.75, 3.05) is 13.1 Å². The van der Waals surface area contributed by atoms with E-state index >= 15 is 0 Å². The van der Waals surface area contributed by atoms with Crippen LogP contribution in [0.4, 0.5) is 4.79 Å². The molecular formula is C11H18N4O5. The van der Waals surface area contributed by atoms with Crippen LogP contribution in [0.15, 0.2) is 0 Å². The average Bonchev–Trinajstić information content (AvgIpc) is 2.36. The molecule has 1 aliphatic rings. The number of primary amides is 1. The van der Waals surface area contributed by atoms with E-state index in [-0.39, 0.29) is 18.7 Å². The van der Waals surface area contributed by atoms with Gasteiger partial charge in [-0.2, -0.15) is 0 Å². The number of hydrogen-bond donors (Lipinski definition) is 4. The Labute approximate surface area is 115 Å². The first-order valence-corrected chi connectivity index (χ1v) is 6.19. The number of carboxylic acid groups (broad SMARTS) is 1. The molecule has 9 heteroatoms. The molecule has 1 fully saturated rings. The molecule has 4 amide bonds. The van der Waals surface area contributed by atoms with E-state index in [9.17, 15) is 19.2 Å². The van der Waals surface area contributed by atoms with Crippen molar-refractivity contribution in [2.24, 2.45) is 5.73 Å². The molecule has 2 unspecified atom stereocenters. The minimum absolute atomic E-state index is 0.0924. The number of nitrogens with two attached hydrogens (primary N) is 1. The van der Waals surface area contributed by atoms with Gasteiger partial charge in [0, 0.05) is 19.5 Å². The molecule has 1 rings (SSSR count). The molecule has 0 aromatic heterocycles. The van der Waals surface area contributed by atoms with Gasteiger partial charge in [0.2, 0.25) is 11.8 Å². The van der Waals surface area contributed by atoms with E-state index in [0.29, 0.717) is 13.1 Å². The molecule has 0 aliphatic carbocycles. The number of amides is 4. The van der Waals surface area contributed by atoms with Crippen molar-refractivity contribution < 1.29 is 24.3 Å². The number of piperazine rings is 1. The molecule has 1 saturated heterocycles. The zero-order valence-corrected chi connectivity index (χ0v) is 11.1. The number of nitrogens with zero attached hydrogens (tertiary/aromatic N) is 1. The van der Waals surface area contributed by atoms with Crippen molar-refractivity contribution >= 4 is 23.8 Å². The number of nitrogens with one attached hydrogen (secondary N) is 2. The van der Waals surface area contributed by atoms with Gasteiger partial charge in [-0.05, 0) is 13.3 Å². The summed E-state index contributed by atoms with van der Waals surface area (Å²) in [4.78, 5) is 46.3. The molecule has 1 heterocycles. The topological polar surface area (TPSA) is 142 Å². The first-order valence-electron chi connectivity index (χ1n) is 6.19. The predicted octanol–water partition coefficient (Wildman–Crippen LogP) is -1.76. The van der Waals surface area contributed by atoms with Crippen LogP contribution in [0.25, 0.3) is 0 Å². The Kier molecular flexibility index (Phi) is 5.30. The fraction of sp³-hybridized carbons (Fsp3) is 0.636. The normalized spacial score (nSPS) is 19.9. The highest BCUT2D eigenvalue weighted by atomic mass is 16.4. The molecule has 5 N–H and O–H groups in total. The average molecular weight is 286 g/mol. The summed E-state index contributed by atoms with van der Waals surface area (Å²) in [6, 6.07) is -2.54. The molecule has 9 nitrogen and oxygen atoms in total. The molecule has 112 valence electrons. The maximum absolute atomic E-state index is 12.0. The van der Waals surface area contributed by atoms with Crippen LogP contribution < -0.4 is 16.4 Å². The second kappa shape index (κ2) is 6.73. The molecule has 0 radical (unpaired) electrons. The van der Waals surface area contributed by atoms with Gasteiger partial charge in [0.25, 0.3) is 0 Å². The second-order valence-corrected chi connectivity index (χ2v) is 4.51. The van der Waals surface area contributed by atoms with E-state index in [2.05, 4.69) is 10.6 Å². The summed E-state index contributed by atoms with van der Waals surface area (Å²) in [5, 5.41) is 13.9. The van der Waals surface area contributed by atoms with Crippen LogP contribution in [0.3, 0.4) is 0 Å². The Morgan fingerprint density at radius 1 is 1.55 bits per heavy atom. The van der Waals surface area contributed by atoms with Crippen LogP contribution in [-0.2, 0) is 14.4 Å². The smallest absolute Gasteiger partial charge is 0.326 e. The number of rotatable bonds is 5. The standard InChI is InChI=1S/C11H18N4O5/c1-6-9(17)13-4-5-15(6)11(20)14-7(10(18)19)2-3-8(12)16/h6-7H,2-5H2,1H3,(H2,12,16)(H,13,17)(H,14,20)(H,18,19). The third-order valence-electron chi connectivity index (χ3n) is 3.03. The summed E-state index contributed by atoms with van der Waals surface area (Å²) in [6.45, 7) is 2.16. The second-order valence-electron chi connectivity index (χ2n) is 4.51. The Hall–Kier alpha value is -2.32. The largest absolute Gasteiger partial charge is 0.480 e. The van der Waals surface area contributed by atoms with E-state index in [1.165, 1.54) is 4.90 Å².